The number of benzene rings is 1. The molecule has 0 aliphatic heterocycles. The summed E-state index contributed by atoms with van der Waals surface area (Å²) < 4.78 is 0. The summed E-state index contributed by atoms with van der Waals surface area (Å²) in [7, 11) is 0. The highest BCUT2D eigenvalue weighted by Crippen LogP contribution is 2.13. The van der Waals surface area contributed by atoms with Crippen LogP contribution >= 0.6 is 0 Å². The van der Waals surface area contributed by atoms with Crippen LogP contribution in [0.25, 0.3) is 0 Å². The first-order valence-electron chi connectivity index (χ1n) is 18.7. The maximum atomic E-state index is 13.7. The lowest BCUT2D eigenvalue weighted by Gasteiger charge is -2.29. The molecule has 0 saturated heterocycles. The van der Waals surface area contributed by atoms with Crippen molar-refractivity contribution in [1.29, 1.82) is 0 Å². The number of hydrogen-bond donors (Lipinski definition) is 14. The first kappa shape index (κ1) is 50.5. The summed E-state index contributed by atoms with van der Waals surface area (Å²) in [6.45, 7) is 3.45. The summed E-state index contributed by atoms with van der Waals surface area (Å²) in [6.07, 6.45) is -3.24. The predicted octanol–water partition coefficient (Wildman–Crippen LogP) is -4.45. The van der Waals surface area contributed by atoms with Crippen molar-refractivity contribution in [3.63, 3.8) is 0 Å². The monoisotopic (exact) mass is 838 g/mol. The van der Waals surface area contributed by atoms with Crippen LogP contribution in [0.4, 0.5) is 0 Å². The molecule has 17 N–H and O–H groups in total. The Kier molecular flexibility index (Phi) is 22.0. The Morgan fingerprint density at radius 3 is 1.46 bits per heavy atom. The summed E-state index contributed by atoms with van der Waals surface area (Å²) in [4.78, 5) is 116. The zero-order valence-electron chi connectivity index (χ0n) is 32.8. The highest BCUT2D eigenvalue weighted by molar-refractivity contribution is 5.97. The summed E-state index contributed by atoms with van der Waals surface area (Å²) in [6, 6.07) is -3.34. The van der Waals surface area contributed by atoms with Gasteiger partial charge in [-0.15, -0.1) is 0 Å². The molecule has 23 nitrogen and oxygen atoms in total. The lowest BCUT2D eigenvalue weighted by atomic mass is 9.96. The maximum absolute atomic E-state index is 13.7. The third kappa shape index (κ3) is 20.0. The normalized spacial score (nSPS) is 14.4. The molecule has 1 aromatic rings. The van der Waals surface area contributed by atoms with Crippen LogP contribution in [-0.4, -0.2) is 128 Å². The molecule has 0 saturated carbocycles. The third-order valence-corrected chi connectivity index (χ3v) is 8.97. The van der Waals surface area contributed by atoms with Gasteiger partial charge in [0.25, 0.3) is 0 Å². The first-order chi connectivity index (χ1) is 27.6. The van der Waals surface area contributed by atoms with Crippen molar-refractivity contribution in [1.82, 2.24) is 26.6 Å². The van der Waals surface area contributed by atoms with Gasteiger partial charge < -0.3 is 57.9 Å². The molecule has 0 fully saturated rings. The van der Waals surface area contributed by atoms with E-state index >= 15 is 0 Å². The van der Waals surface area contributed by atoms with Gasteiger partial charge in [0.15, 0.2) is 0 Å². The maximum Gasteiger partial charge on any atom is 0.338 e. The van der Waals surface area contributed by atoms with E-state index < -0.39 is 134 Å². The van der Waals surface area contributed by atoms with Crippen molar-refractivity contribution < 1.29 is 73.7 Å². The lowest BCUT2D eigenvalue weighted by Crippen LogP contribution is -2.78. The van der Waals surface area contributed by atoms with Gasteiger partial charge in [0, 0.05) is 19.3 Å². The van der Waals surface area contributed by atoms with Gasteiger partial charge >= 0.3 is 29.8 Å². The molecular weight excluding hydrogens is 782 g/mol. The van der Waals surface area contributed by atoms with E-state index in [0.29, 0.717) is 12.0 Å². The Balaban J connectivity index is 3.33. The Morgan fingerprint density at radius 2 is 1.05 bits per heavy atom. The molecule has 0 radical (unpaired) electrons. The number of aliphatic carboxylic acids is 4. The van der Waals surface area contributed by atoms with Crippen LogP contribution in [0.3, 0.4) is 0 Å². The molecule has 59 heavy (non-hydrogen) atoms. The number of rotatable bonds is 28. The number of phenols is 1. The Labute approximate surface area is 338 Å². The quantitative estimate of drug-likeness (QED) is 0.0215. The number of phenolic OH excluding ortho intramolecular Hbond substituents is 1. The smallest absolute Gasteiger partial charge is 0.338 e. The van der Waals surface area contributed by atoms with E-state index in [-0.39, 0.29) is 37.5 Å². The summed E-state index contributed by atoms with van der Waals surface area (Å²) in [5, 5.41) is 58.9. The van der Waals surface area contributed by atoms with Crippen LogP contribution in [0.2, 0.25) is 0 Å². The van der Waals surface area contributed by atoms with Crippen molar-refractivity contribution in [3.8, 4) is 5.75 Å². The molecule has 0 aromatic heterocycles. The Morgan fingerprint density at radius 1 is 0.627 bits per heavy atom. The molecule has 5 amide bonds. The number of carbonyl (C=O) groups excluding carboxylic acids is 5. The van der Waals surface area contributed by atoms with Crippen LogP contribution in [0.5, 0.6) is 5.75 Å². The molecule has 0 aliphatic rings. The number of nitrogens with two attached hydrogens (primary N) is 3. The summed E-state index contributed by atoms with van der Waals surface area (Å²) in [5.74, 6) is -11.4. The van der Waals surface area contributed by atoms with Crippen LogP contribution in [0.15, 0.2) is 24.3 Å². The van der Waals surface area contributed by atoms with Crippen LogP contribution < -0.4 is 48.8 Å². The number of nitrogens with one attached hydrogen (secondary N) is 6. The standard InChI is InChI=1S/C36H55N9O14/c1-3-18(2)29(34(57)44-25(35(58)59)5-4-16-40-36(38)39)45-33(56)24(12-15-28(51)52)43-32(55)23(11-14-27(49)50)42-31(54)22(10-13-26(47)48)41-30(53)21(37)17-19-6-8-20(46)9-7-19/h6-9,18,21-25,29,46H,3-5,10-17,37H2,1-2H3,(H,41,53)(H,42,54)(H,43,55)(H,44,57)(H,45,56)(H,47,48)(H,49,50)(H,51,52)(H,58,59)(H4,38,39,40)/p+1. The topological polar surface area (TPSA) is 407 Å². The lowest BCUT2D eigenvalue weighted by molar-refractivity contribution is -0.459. The van der Waals surface area contributed by atoms with Crippen LogP contribution in [0.1, 0.15) is 77.2 Å². The van der Waals surface area contributed by atoms with Gasteiger partial charge in [-0.2, -0.15) is 0 Å². The van der Waals surface area contributed by atoms with Crippen LogP contribution in [0, 0.1) is 5.92 Å². The minimum Gasteiger partial charge on any atom is -0.508 e. The van der Waals surface area contributed by atoms with E-state index in [4.69, 9.17) is 17.2 Å². The van der Waals surface area contributed by atoms with E-state index in [1.54, 1.807) is 13.8 Å². The zero-order valence-corrected chi connectivity index (χ0v) is 32.8. The average molecular weight is 839 g/mol. The molecule has 7 unspecified atom stereocenters. The fourth-order valence-electron chi connectivity index (χ4n) is 5.43. The number of carbonyl (C=O) groups is 9. The van der Waals surface area contributed by atoms with Gasteiger partial charge in [-0.05, 0) is 62.1 Å². The van der Waals surface area contributed by atoms with Crippen molar-refractivity contribution in [2.75, 3.05) is 6.54 Å². The second kappa shape index (κ2) is 25.7. The van der Waals surface area contributed by atoms with Crippen LogP contribution in [-0.2, 0) is 49.6 Å². The summed E-state index contributed by atoms with van der Waals surface area (Å²) >= 11 is 0. The van der Waals surface area contributed by atoms with Crippen molar-refractivity contribution in [3.05, 3.63) is 29.8 Å². The highest BCUT2D eigenvalue weighted by Gasteiger charge is 2.35. The largest absolute Gasteiger partial charge is 0.508 e. The first-order valence-corrected chi connectivity index (χ1v) is 18.7. The minimum atomic E-state index is -1.74. The van der Waals surface area contributed by atoms with Gasteiger partial charge in [0.05, 0.1) is 12.6 Å². The van der Waals surface area contributed by atoms with Gasteiger partial charge in [-0.25, -0.2) is 4.79 Å². The number of carboxylic acid groups (broad SMARTS) is 4. The van der Waals surface area contributed by atoms with E-state index in [1.807, 2.05) is 0 Å². The second-order valence-corrected chi connectivity index (χ2v) is 13.8. The Hall–Kier alpha value is -6.52. The van der Waals surface area contributed by atoms with Gasteiger partial charge in [0.1, 0.15) is 36.0 Å². The van der Waals surface area contributed by atoms with Gasteiger partial charge in [-0.1, -0.05) is 32.4 Å². The summed E-state index contributed by atoms with van der Waals surface area (Å²) in [5.41, 5.74) is 17.2. The molecule has 0 spiro atoms. The van der Waals surface area contributed by atoms with Gasteiger partial charge in [0.2, 0.25) is 29.5 Å². The average Bonchev–Trinajstić information content (AvgIpc) is 3.16. The number of aromatic hydroxyl groups is 1. The molecule has 1 aromatic carbocycles. The Bertz CT molecular complexity index is 1670. The predicted molar refractivity (Wildman–Crippen MR) is 206 cm³/mol. The van der Waals surface area contributed by atoms with E-state index in [1.165, 1.54) is 24.3 Å². The molecule has 328 valence electrons. The number of amides is 5. The SMILES string of the molecule is CCC(C)C(NC(=O)C(CCC(=O)O)NC(=O)C(CCC(=O)O)NC(=O)C(CCC(=O)O)NC(=O)C(N)Cc1ccc(O)cc1)C(=O)NC(CCC[NH+]=C(N)N)C(=O)O. The van der Waals surface area contributed by atoms with Gasteiger partial charge in [-0.3, -0.25) is 54.8 Å². The number of hydrogen-bond acceptors (Lipinski definition) is 11. The number of guanidine groups is 1. The second-order valence-electron chi connectivity index (χ2n) is 13.8. The fraction of sp³-hybridized carbons (Fsp3) is 0.556. The van der Waals surface area contributed by atoms with E-state index in [0.717, 1.165) is 0 Å². The van der Waals surface area contributed by atoms with Crippen molar-refractivity contribution in [2.24, 2.45) is 23.1 Å². The minimum absolute atomic E-state index is 0.0359. The fourth-order valence-corrected chi connectivity index (χ4v) is 5.43. The third-order valence-electron chi connectivity index (χ3n) is 8.97. The van der Waals surface area contributed by atoms with Crippen molar-refractivity contribution >= 4 is 59.4 Å². The van der Waals surface area contributed by atoms with E-state index in [9.17, 15) is 68.7 Å². The molecule has 0 heterocycles. The molecule has 1 rings (SSSR count). The van der Waals surface area contributed by atoms with Crippen molar-refractivity contribution in [2.45, 2.75) is 114 Å². The molecule has 0 aliphatic carbocycles. The molecule has 7 atom stereocenters. The molecule has 0 bridgehead atoms. The highest BCUT2D eigenvalue weighted by atomic mass is 16.4. The zero-order chi connectivity index (χ0) is 44.8. The molecule has 23 heteroatoms. The number of carboxylic acids is 4. The molecular formula is C36H56N9O14+. The van der Waals surface area contributed by atoms with E-state index in [2.05, 4.69) is 31.6 Å².